The van der Waals surface area contributed by atoms with Gasteiger partial charge in [-0.25, -0.2) is 4.98 Å². The van der Waals surface area contributed by atoms with Crippen molar-refractivity contribution in [1.29, 1.82) is 0 Å². The number of benzene rings is 2. The molecule has 0 amide bonds. The molecule has 1 aromatic heterocycles. The van der Waals surface area contributed by atoms with E-state index in [1.54, 1.807) is 7.11 Å². The van der Waals surface area contributed by atoms with Crippen LogP contribution in [-0.2, 0) is 13.0 Å². The summed E-state index contributed by atoms with van der Waals surface area (Å²) in [5.41, 5.74) is 3.39. The summed E-state index contributed by atoms with van der Waals surface area (Å²) in [6.07, 6.45) is 0.937. The lowest BCUT2D eigenvalue weighted by molar-refractivity contribution is 0.414. The molecule has 5 nitrogen and oxygen atoms in total. The molecule has 3 aromatic rings. The van der Waals surface area contributed by atoms with Crippen LogP contribution in [0.15, 0.2) is 60.7 Å². The lowest BCUT2D eigenvalue weighted by Gasteiger charge is -2.10. The first kappa shape index (κ1) is 17.7. The number of methoxy groups -OCH3 is 1. The van der Waals surface area contributed by atoms with Gasteiger partial charge < -0.3 is 15.4 Å². The monoisotopic (exact) mass is 348 g/mol. The number of nitrogens with zero attached hydrogens (tertiary/aromatic N) is 2. The minimum atomic E-state index is 0.651. The molecule has 0 aliphatic rings. The minimum Gasteiger partial charge on any atom is -0.497 e. The second-order valence-corrected chi connectivity index (χ2v) is 6.08. The summed E-state index contributed by atoms with van der Waals surface area (Å²) >= 11 is 0. The maximum absolute atomic E-state index is 5.18. The van der Waals surface area contributed by atoms with Crippen molar-refractivity contribution in [3.8, 4) is 5.75 Å². The lowest BCUT2D eigenvalue weighted by Crippen LogP contribution is -2.10. The van der Waals surface area contributed by atoms with E-state index < -0.39 is 0 Å². The molecule has 134 valence electrons. The summed E-state index contributed by atoms with van der Waals surface area (Å²) in [5, 5.41) is 6.66. The van der Waals surface area contributed by atoms with Gasteiger partial charge in [0.05, 0.1) is 7.11 Å². The minimum absolute atomic E-state index is 0.651. The average Bonchev–Trinajstić information content (AvgIpc) is 2.67. The van der Waals surface area contributed by atoms with Crippen molar-refractivity contribution in [2.24, 2.45) is 0 Å². The third-order valence-corrected chi connectivity index (χ3v) is 4.03. The van der Waals surface area contributed by atoms with E-state index in [4.69, 9.17) is 4.74 Å². The zero-order chi connectivity index (χ0) is 18.2. The summed E-state index contributed by atoms with van der Waals surface area (Å²) in [5.74, 6) is 2.32. The largest absolute Gasteiger partial charge is 0.497 e. The molecule has 0 bridgehead atoms. The fraction of sp³-hybridized carbons (Fsp3) is 0.238. The predicted octanol–water partition coefficient (Wildman–Crippen LogP) is 4.06. The summed E-state index contributed by atoms with van der Waals surface area (Å²) in [4.78, 5) is 9.02. The van der Waals surface area contributed by atoms with E-state index in [1.807, 2.05) is 43.3 Å². The predicted molar refractivity (Wildman–Crippen MR) is 106 cm³/mol. The van der Waals surface area contributed by atoms with Crippen molar-refractivity contribution in [3.63, 3.8) is 0 Å². The molecule has 26 heavy (non-hydrogen) atoms. The van der Waals surface area contributed by atoms with Crippen LogP contribution in [0.5, 0.6) is 5.75 Å². The Hall–Kier alpha value is -3.08. The Kier molecular flexibility index (Phi) is 6.04. The second-order valence-electron chi connectivity index (χ2n) is 6.08. The van der Waals surface area contributed by atoms with Gasteiger partial charge in [0.15, 0.2) is 0 Å². The molecule has 0 saturated heterocycles. The van der Waals surface area contributed by atoms with Gasteiger partial charge in [0, 0.05) is 24.8 Å². The van der Waals surface area contributed by atoms with Crippen LogP contribution in [0, 0.1) is 6.92 Å². The fourth-order valence-electron chi connectivity index (χ4n) is 2.64. The maximum atomic E-state index is 5.18. The number of rotatable bonds is 8. The number of hydrogen-bond acceptors (Lipinski definition) is 5. The van der Waals surface area contributed by atoms with Crippen LogP contribution in [0.25, 0.3) is 0 Å². The van der Waals surface area contributed by atoms with Gasteiger partial charge in [-0.05, 0) is 36.6 Å². The Morgan fingerprint density at radius 1 is 0.885 bits per heavy atom. The smallest absolute Gasteiger partial charge is 0.224 e. The Morgan fingerprint density at radius 2 is 1.65 bits per heavy atom. The molecule has 3 rings (SSSR count). The molecule has 2 N–H and O–H groups in total. The SMILES string of the molecule is COc1ccc(CNc2cc(C)nc(NCCc3ccccc3)n2)cc1. The number of aromatic nitrogens is 2. The summed E-state index contributed by atoms with van der Waals surface area (Å²) in [6, 6.07) is 20.3. The van der Waals surface area contributed by atoms with Crippen LogP contribution in [0.1, 0.15) is 16.8 Å². The van der Waals surface area contributed by atoms with Crippen LogP contribution in [0.2, 0.25) is 0 Å². The third-order valence-electron chi connectivity index (χ3n) is 4.03. The number of hydrogen-bond donors (Lipinski definition) is 2. The molecule has 2 aromatic carbocycles. The van der Waals surface area contributed by atoms with E-state index in [-0.39, 0.29) is 0 Å². The first-order valence-corrected chi connectivity index (χ1v) is 8.73. The van der Waals surface area contributed by atoms with Crippen LogP contribution in [0.3, 0.4) is 0 Å². The van der Waals surface area contributed by atoms with E-state index >= 15 is 0 Å². The molecule has 5 heteroatoms. The van der Waals surface area contributed by atoms with Crippen LogP contribution < -0.4 is 15.4 Å². The molecule has 1 heterocycles. The molecule has 0 radical (unpaired) electrons. The Balaban J connectivity index is 1.56. The zero-order valence-corrected chi connectivity index (χ0v) is 15.2. The van der Waals surface area contributed by atoms with E-state index in [2.05, 4.69) is 44.9 Å². The van der Waals surface area contributed by atoms with Crippen molar-refractivity contribution in [3.05, 3.63) is 77.5 Å². The molecule has 0 saturated carbocycles. The Labute approximate surface area is 154 Å². The van der Waals surface area contributed by atoms with Gasteiger partial charge in [-0.3, -0.25) is 0 Å². The van der Waals surface area contributed by atoms with E-state index in [0.29, 0.717) is 12.5 Å². The van der Waals surface area contributed by atoms with E-state index in [1.165, 1.54) is 11.1 Å². The quantitative estimate of drug-likeness (QED) is 0.643. The summed E-state index contributed by atoms with van der Waals surface area (Å²) < 4.78 is 5.18. The highest BCUT2D eigenvalue weighted by molar-refractivity contribution is 5.43. The van der Waals surface area contributed by atoms with Gasteiger partial charge in [0.1, 0.15) is 11.6 Å². The molecule has 0 aliphatic heterocycles. The van der Waals surface area contributed by atoms with Crippen LogP contribution >= 0.6 is 0 Å². The van der Waals surface area contributed by atoms with Crippen molar-refractivity contribution in [2.75, 3.05) is 24.3 Å². The Bertz CT molecular complexity index is 819. The molecule has 0 aliphatic carbocycles. The first-order chi connectivity index (χ1) is 12.7. The van der Waals surface area contributed by atoms with Crippen LogP contribution in [0.4, 0.5) is 11.8 Å². The maximum Gasteiger partial charge on any atom is 0.224 e. The number of anilines is 2. The van der Waals surface area contributed by atoms with Crippen molar-refractivity contribution in [1.82, 2.24) is 9.97 Å². The van der Waals surface area contributed by atoms with Gasteiger partial charge >= 0.3 is 0 Å². The van der Waals surface area contributed by atoms with Crippen LogP contribution in [-0.4, -0.2) is 23.6 Å². The molecular weight excluding hydrogens is 324 g/mol. The van der Waals surface area contributed by atoms with E-state index in [9.17, 15) is 0 Å². The molecule has 0 atom stereocenters. The molecule has 0 unspecified atom stereocenters. The van der Waals surface area contributed by atoms with Crippen molar-refractivity contribution >= 4 is 11.8 Å². The van der Waals surface area contributed by atoms with Gasteiger partial charge in [-0.15, -0.1) is 0 Å². The fourth-order valence-corrected chi connectivity index (χ4v) is 2.64. The number of aryl methyl sites for hydroxylation is 1. The lowest BCUT2D eigenvalue weighted by atomic mass is 10.1. The Morgan fingerprint density at radius 3 is 2.38 bits per heavy atom. The standard InChI is InChI=1S/C21H24N4O/c1-16-14-20(23-15-18-8-10-19(26-2)11-9-18)25-21(24-16)22-13-12-17-6-4-3-5-7-17/h3-11,14H,12-13,15H2,1-2H3,(H2,22,23,24,25). The van der Waals surface area contributed by atoms with Gasteiger partial charge in [0.2, 0.25) is 5.95 Å². The zero-order valence-electron chi connectivity index (χ0n) is 15.2. The highest BCUT2D eigenvalue weighted by Crippen LogP contribution is 2.14. The molecule has 0 spiro atoms. The second kappa shape index (κ2) is 8.85. The average molecular weight is 348 g/mol. The van der Waals surface area contributed by atoms with Gasteiger partial charge in [-0.1, -0.05) is 42.5 Å². The number of nitrogens with one attached hydrogen (secondary N) is 2. The summed E-state index contributed by atoms with van der Waals surface area (Å²) in [7, 11) is 1.67. The normalized spacial score (nSPS) is 10.4. The summed E-state index contributed by atoms with van der Waals surface area (Å²) in [6.45, 7) is 3.47. The topological polar surface area (TPSA) is 59.1 Å². The molecule has 0 fully saturated rings. The number of ether oxygens (including phenoxy) is 1. The molecular formula is C21H24N4O. The van der Waals surface area contributed by atoms with Crippen molar-refractivity contribution in [2.45, 2.75) is 19.9 Å². The highest BCUT2D eigenvalue weighted by atomic mass is 16.5. The van der Waals surface area contributed by atoms with E-state index in [0.717, 1.165) is 30.2 Å². The van der Waals surface area contributed by atoms with Crippen molar-refractivity contribution < 1.29 is 4.74 Å². The third kappa shape index (κ3) is 5.21. The first-order valence-electron chi connectivity index (χ1n) is 8.73. The highest BCUT2D eigenvalue weighted by Gasteiger charge is 2.03. The van der Waals surface area contributed by atoms with Gasteiger partial charge in [-0.2, -0.15) is 4.98 Å². The van der Waals surface area contributed by atoms with Gasteiger partial charge in [0.25, 0.3) is 0 Å².